The monoisotopic (exact) mass is 597 g/mol. The Kier molecular flexibility index (Phi) is 12.1. The van der Waals surface area contributed by atoms with E-state index in [2.05, 4.69) is 42.7 Å². The van der Waals surface area contributed by atoms with Crippen molar-refractivity contribution in [3.05, 3.63) is 48.0 Å². The van der Waals surface area contributed by atoms with E-state index in [1.165, 1.54) is 0 Å². The lowest BCUT2D eigenvalue weighted by atomic mass is 9.79. The van der Waals surface area contributed by atoms with Crippen molar-refractivity contribution < 1.29 is 33.7 Å². The third-order valence-electron chi connectivity index (χ3n) is 6.69. The maximum absolute atomic E-state index is 12.0. The number of rotatable bonds is 12. The summed E-state index contributed by atoms with van der Waals surface area (Å²) in [6.45, 7) is 15.7. The van der Waals surface area contributed by atoms with Crippen molar-refractivity contribution in [3.8, 4) is 34.3 Å². The molecular formula is C33H47N3O7. The van der Waals surface area contributed by atoms with Crippen molar-refractivity contribution in [1.29, 1.82) is 0 Å². The summed E-state index contributed by atoms with van der Waals surface area (Å²) >= 11 is 0. The Labute approximate surface area is 255 Å². The quantitative estimate of drug-likeness (QED) is 0.230. The molecular weight excluding hydrogens is 550 g/mol. The predicted molar refractivity (Wildman–Crippen MR) is 165 cm³/mol. The van der Waals surface area contributed by atoms with Gasteiger partial charge >= 0.3 is 5.97 Å². The molecule has 0 unspecified atom stereocenters. The lowest BCUT2D eigenvalue weighted by molar-refractivity contribution is -0.157. The molecule has 4 rings (SSSR count). The molecule has 2 N–H and O–H groups in total. The van der Waals surface area contributed by atoms with E-state index in [0.717, 1.165) is 17.7 Å². The molecule has 0 bridgehead atoms. The Morgan fingerprint density at radius 2 is 1.67 bits per heavy atom. The molecule has 0 atom stereocenters. The number of hydrogen-bond acceptors (Lipinski definition) is 9. The molecule has 0 saturated carbocycles. The molecule has 2 aromatic carbocycles. The second kappa shape index (κ2) is 15.3. The van der Waals surface area contributed by atoms with Crippen LogP contribution in [0, 0.1) is 10.8 Å². The molecule has 1 aromatic heterocycles. The topological polar surface area (TPSA) is 127 Å². The number of piperidine rings is 1. The Morgan fingerprint density at radius 1 is 1.05 bits per heavy atom. The van der Waals surface area contributed by atoms with Gasteiger partial charge in [0.25, 0.3) is 5.89 Å². The van der Waals surface area contributed by atoms with Crippen LogP contribution in [-0.4, -0.2) is 77.3 Å². The van der Waals surface area contributed by atoms with Crippen LogP contribution in [0.5, 0.6) is 11.5 Å². The molecule has 10 nitrogen and oxygen atoms in total. The molecule has 3 aromatic rings. The molecule has 236 valence electrons. The molecule has 43 heavy (non-hydrogen) atoms. The van der Waals surface area contributed by atoms with E-state index in [0.29, 0.717) is 67.6 Å². The fourth-order valence-electron chi connectivity index (χ4n) is 4.45. The van der Waals surface area contributed by atoms with E-state index in [1.807, 2.05) is 38.1 Å². The number of phenols is 1. The molecule has 0 radical (unpaired) electrons. The van der Waals surface area contributed by atoms with Crippen molar-refractivity contribution in [3.63, 3.8) is 0 Å². The number of benzene rings is 2. The van der Waals surface area contributed by atoms with E-state index in [9.17, 15) is 15.0 Å². The predicted octanol–water partition coefficient (Wildman–Crippen LogP) is 6.28. The summed E-state index contributed by atoms with van der Waals surface area (Å²) < 4.78 is 21.5. The van der Waals surface area contributed by atoms with Crippen LogP contribution in [-0.2, 0) is 20.8 Å². The minimum absolute atomic E-state index is 0.0113. The molecule has 1 saturated heterocycles. The lowest BCUT2D eigenvalue weighted by Gasteiger charge is -2.38. The highest BCUT2D eigenvalue weighted by Gasteiger charge is 2.41. The van der Waals surface area contributed by atoms with Gasteiger partial charge in [0.05, 0.1) is 31.3 Å². The number of methoxy groups -OCH3 is 1. The standard InChI is InChI=1S/C28H35N3O7.C5H12/c1-19(2)37-24-9-8-22(16-23(24)32)26-29-25(30-38-26)21-6-4-20(5-7-21)17-31-12-10-28(11-13-31,27(33)34)18-36-15-14-35-3;1-5(2,3)4/h4-9,16,19,32H,10-15,17-18H2,1-3H3,(H,33,34);1-4H3. The zero-order valence-corrected chi connectivity index (χ0v) is 26.6. The number of aliphatic carboxylic acids is 1. The minimum Gasteiger partial charge on any atom is -0.504 e. The van der Waals surface area contributed by atoms with Gasteiger partial charge < -0.3 is 28.9 Å². The number of carboxylic acids is 1. The number of hydrogen-bond donors (Lipinski definition) is 2. The molecule has 0 amide bonds. The van der Waals surface area contributed by atoms with Crippen molar-refractivity contribution >= 4 is 5.97 Å². The summed E-state index contributed by atoms with van der Waals surface area (Å²) in [6, 6.07) is 12.9. The first-order valence-corrected chi connectivity index (χ1v) is 14.7. The summed E-state index contributed by atoms with van der Waals surface area (Å²) in [6.07, 6.45) is 1.03. The number of aromatic hydroxyl groups is 1. The van der Waals surface area contributed by atoms with Gasteiger partial charge in [-0.15, -0.1) is 0 Å². The first kappa shape index (κ1) is 34.0. The third kappa shape index (κ3) is 10.6. The SMILES string of the molecule is CC(C)(C)C.COCCOCC1(C(=O)O)CCN(Cc2ccc(-c3noc(-c4ccc(OC(C)C)c(O)c4)n3)cc2)CC1. The number of ether oxygens (including phenoxy) is 3. The highest BCUT2D eigenvalue weighted by atomic mass is 16.5. The van der Waals surface area contributed by atoms with E-state index in [-0.39, 0.29) is 18.5 Å². The van der Waals surface area contributed by atoms with Gasteiger partial charge in [-0.05, 0) is 69.0 Å². The summed E-state index contributed by atoms with van der Waals surface area (Å²) in [5, 5.41) is 24.2. The molecule has 1 aliphatic heterocycles. The smallest absolute Gasteiger partial charge is 0.312 e. The van der Waals surface area contributed by atoms with Crippen molar-refractivity contribution in [1.82, 2.24) is 15.0 Å². The van der Waals surface area contributed by atoms with Crippen molar-refractivity contribution in [2.24, 2.45) is 10.8 Å². The fourth-order valence-corrected chi connectivity index (χ4v) is 4.45. The van der Waals surface area contributed by atoms with Crippen LogP contribution in [0.15, 0.2) is 47.0 Å². The van der Waals surface area contributed by atoms with Crippen LogP contribution in [0.4, 0.5) is 0 Å². The van der Waals surface area contributed by atoms with Crippen LogP contribution in [0.2, 0.25) is 0 Å². The van der Waals surface area contributed by atoms with Gasteiger partial charge in [0.1, 0.15) is 0 Å². The van der Waals surface area contributed by atoms with E-state index in [1.54, 1.807) is 25.3 Å². The molecule has 10 heteroatoms. The zero-order chi connectivity index (χ0) is 31.6. The summed E-state index contributed by atoms with van der Waals surface area (Å²) in [4.78, 5) is 18.7. The van der Waals surface area contributed by atoms with Crippen LogP contribution in [0.25, 0.3) is 22.8 Å². The summed E-state index contributed by atoms with van der Waals surface area (Å²) in [5.41, 5.74) is 2.18. The summed E-state index contributed by atoms with van der Waals surface area (Å²) in [7, 11) is 1.59. The van der Waals surface area contributed by atoms with Crippen LogP contribution < -0.4 is 4.74 Å². The molecule has 0 spiro atoms. The third-order valence-corrected chi connectivity index (χ3v) is 6.69. The number of carboxylic acid groups (broad SMARTS) is 1. The maximum atomic E-state index is 12.0. The van der Waals surface area contributed by atoms with Crippen LogP contribution >= 0.6 is 0 Å². The van der Waals surface area contributed by atoms with Gasteiger partial charge in [0.2, 0.25) is 5.82 Å². The molecule has 1 aliphatic rings. The highest BCUT2D eigenvalue weighted by Crippen LogP contribution is 2.34. The number of carbonyl (C=O) groups is 1. The van der Waals surface area contributed by atoms with Crippen LogP contribution in [0.3, 0.4) is 0 Å². The first-order valence-electron chi connectivity index (χ1n) is 14.7. The minimum atomic E-state index is -0.844. The Bertz CT molecular complexity index is 1280. The number of nitrogens with zero attached hydrogens (tertiary/aromatic N) is 3. The highest BCUT2D eigenvalue weighted by molar-refractivity contribution is 5.75. The van der Waals surface area contributed by atoms with E-state index in [4.69, 9.17) is 18.7 Å². The van der Waals surface area contributed by atoms with E-state index >= 15 is 0 Å². The number of phenolic OH excluding ortho intramolecular Hbond substituents is 1. The second-order valence-corrected chi connectivity index (χ2v) is 12.9. The Morgan fingerprint density at radius 3 is 2.23 bits per heavy atom. The van der Waals surface area contributed by atoms with Gasteiger partial charge in [0, 0.05) is 24.8 Å². The largest absolute Gasteiger partial charge is 0.504 e. The van der Waals surface area contributed by atoms with Crippen molar-refractivity contribution in [2.75, 3.05) is 40.0 Å². The van der Waals surface area contributed by atoms with Gasteiger partial charge in [-0.1, -0.05) is 57.1 Å². The maximum Gasteiger partial charge on any atom is 0.312 e. The normalized spacial score (nSPS) is 15.2. The Hall–Kier alpha value is -3.47. The van der Waals surface area contributed by atoms with Gasteiger partial charge in [-0.3, -0.25) is 9.69 Å². The van der Waals surface area contributed by atoms with Gasteiger partial charge in [-0.2, -0.15) is 4.98 Å². The second-order valence-electron chi connectivity index (χ2n) is 12.9. The van der Waals surface area contributed by atoms with Gasteiger partial charge in [0.15, 0.2) is 11.5 Å². The lowest BCUT2D eigenvalue weighted by Crippen LogP contribution is -2.46. The molecule has 0 aliphatic carbocycles. The molecule has 1 fully saturated rings. The first-order chi connectivity index (χ1) is 20.3. The number of likely N-dealkylation sites (tertiary alicyclic amines) is 1. The summed E-state index contributed by atoms with van der Waals surface area (Å²) in [5.74, 6) is 0.366. The van der Waals surface area contributed by atoms with Crippen molar-refractivity contribution in [2.45, 2.75) is 67.0 Å². The number of aromatic nitrogens is 2. The molecule has 2 heterocycles. The zero-order valence-electron chi connectivity index (χ0n) is 26.6. The van der Waals surface area contributed by atoms with Crippen LogP contribution in [0.1, 0.15) is 59.9 Å². The fraction of sp³-hybridized carbons (Fsp3) is 0.545. The average Bonchev–Trinajstić information content (AvgIpc) is 3.43. The van der Waals surface area contributed by atoms with Gasteiger partial charge in [-0.25, -0.2) is 0 Å². The van der Waals surface area contributed by atoms with E-state index < -0.39 is 11.4 Å². The average molecular weight is 598 g/mol. The Balaban J connectivity index is 0.000000934.